The zero-order valence-electron chi connectivity index (χ0n) is 12.3. The van der Waals surface area contributed by atoms with Gasteiger partial charge in [0.25, 0.3) is 0 Å². The lowest BCUT2D eigenvalue weighted by atomic mass is 10.2. The number of hydrogen-bond acceptors (Lipinski definition) is 5. The highest BCUT2D eigenvalue weighted by molar-refractivity contribution is 7.80. The summed E-state index contributed by atoms with van der Waals surface area (Å²) in [6, 6.07) is 12.4. The van der Waals surface area contributed by atoms with Gasteiger partial charge in [-0.3, -0.25) is 0 Å². The number of fused-ring (bicyclic) bond motifs is 1. The highest BCUT2D eigenvalue weighted by Gasteiger charge is 2.15. The first-order valence-electron chi connectivity index (χ1n) is 6.82. The maximum atomic E-state index is 11.7. The van der Waals surface area contributed by atoms with Crippen LogP contribution in [0.2, 0.25) is 0 Å². The van der Waals surface area contributed by atoms with Crippen LogP contribution in [0.3, 0.4) is 0 Å². The molecule has 2 N–H and O–H groups in total. The highest BCUT2D eigenvalue weighted by Crippen LogP contribution is 2.34. The minimum absolute atomic E-state index is 0.216. The molecule has 23 heavy (non-hydrogen) atoms. The molecule has 0 saturated carbocycles. The number of anilines is 2. The van der Waals surface area contributed by atoms with Crippen LogP contribution in [0.5, 0.6) is 11.5 Å². The first-order valence-corrected chi connectivity index (χ1v) is 7.23. The van der Waals surface area contributed by atoms with Crippen LogP contribution >= 0.6 is 12.2 Å². The van der Waals surface area contributed by atoms with Gasteiger partial charge in [0.2, 0.25) is 6.79 Å². The van der Waals surface area contributed by atoms with Crippen LogP contribution in [-0.4, -0.2) is 25.0 Å². The zero-order chi connectivity index (χ0) is 16.2. The van der Waals surface area contributed by atoms with E-state index < -0.39 is 5.97 Å². The third kappa shape index (κ3) is 3.35. The van der Waals surface area contributed by atoms with E-state index in [0.29, 0.717) is 27.9 Å². The fourth-order valence-electron chi connectivity index (χ4n) is 2.14. The third-order valence-electron chi connectivity index (χ3n) is 3.21. The van der Waals surface area contributed by atoms with Crippen LogP contribution in [0.25, 0.3) is 0 Å². The average molecular weight is 330 g/mol. The van der Waals surface area contributed by atoms with E-state index in [1.165, 1.54) is 7.11 Å². The number of nitrogens with one attached hydrogen (secondary N) is 2. The molecule has 0 amide bonds. The van der Waals surface area contributed by atoms with E-state index >= 15 is 0 Å². The Morgan fingerprint density at radius 3 is 2.74 bits per heavy atom. The Hall–Kier alpha value is -2.80. The Morgan fingerprint density at radius 2 is 1.91 bits per heavy atom. The van der Waals surface area contributed by atoms with E-state index in [1.54, 1.807) is 36.4 Å². The largest absolute Gasteiger partial charge is 0.465 e. The predicted molar refractivity (Wildman–Crippen MR) is 90.2 cm³/mol. The van der Waals surface area contributed by atoms with Crippen LogP contribution in [0.15, 0.2) is 42.5 Å². The molecule has 0 unspecified atom stereocenters. The number of carbonyl (C=O) groups is 1. The van der Waals surface area contributed by atoms with Crippen molar-refractivity contribution in [2.45, 2.75) is 0 Å². The quantitative estimate of drug-likeness (QED) is 0.662. The van der Waals surface area contributed by atoms with E-state index in [1.807, 2.05) is 6.07 Å². The third-order valence-corrected chi connectivity index (χ3v) is 3.42. The van der Waals surface area contributed by atoms with Gasteiger partial charge in [-0.05, 0) is 36.5 Å². The molecule has 6 nitrogen and oxygen atoms in total. The summed E-state index contributed by atoms with van der Waals surface area (Å²) in [7, 11) is 1.34. The Balaban J connectivity index is 1.72. The maximum absolute atomic E-state index is 11.7. The Labute approximate surface area is 138 Å². The lowest BCUT2D eigenvalue weighted by Gasteiger charge is -2.13. The molecule has 1 aliphatic heterocycles. The number of rotatable bonds is 3. The molecular formula is C16H14N2O4S. The van der Waals surface area contributed by atoms with E-state index in [-0.39, 0.29) is 6.79 Å². The fourth-order valence-corrected chi connectivity index (χ4v) is 2.37. The van der Waals surface area contributed by atoms with Gasteiger partial charge in [0.05, 0.1) is 18.4 Å². The van der Waals surface area contributed by atoms with Crippen molar-refractivity contribution in [1.29, 1.82) is 0 Å². The lowest BCUT2D eigenvalue weighted by Crippen LogP contribution is -2.20. The molecule has 0 bridgehead atoms. The Kier molecular flexibility index (Phi) is 4.29. The van der Waals surface area contributed by atoms with Crippen molar-refractivity contribution >= 4 is 34.7 Å². The van der Waals surface area contributed by atoms with Gasteiger partial charge in [-0.1, -0.05) is 12.1 Å². The summed E-state index contributed by atoms with van der Waals surface area (Å²) in [6.07, 6.45) is 0. The fraction of sp³-hybridized carbons (Fsp3) is 0.125. The first-order chi connectivity index (χ1) is 11.2. The standard InChI is InChI=1S/C16H14N2O4S/c1-20-15(19)11-4-2-3-5-12(11)18-16(23)17-10-6-7-13-14(8-10)22-9-21-13/h2-8H,9H2,1H3,(H2,17,18,23). The van der Waals surface area contributed by atoms with Crippen molar-refractivity contribution in [2.75, 3.05) is 24.5 Å². The minimum atomic E-state index is -0.432. The van der Waals surface area contributed by atoms with Gasteiger partial charge in [0.1, 0.15) is 0 Å². The van der Waals surface area contributed by atoms with Crippen molar-refractivity contribution in [1.82, 2.24) is 0 Å². The summed E-state index contributed by atoms with van der Waals surface area (Å²) >= 11 is 5.28. The topological polar surface area (TPSA) is 68.8 Å². The molecule has 1 heterocycles. The molecule has 1 aliphatic rings. The number of para-hydroxylation sites is 1. The second-order valence-electron chi connectivity index (χ2n) is 4.68. The molecular weight excluding hydrogens is 316 g/mol. The number of benzene rings is 2. The summed E-state index contributed by atoms with van der Waals surface area (Å²) in [6.45, 7) is 0.216. The van der Waals surface area contributed by atoms with E-state index in [4.69, 9.17) is 26.4 Å². The Morgan fingerprint density at radius 1 is 1.13 bits per heavy atom. The summed E-state index contributed by atoms with van der Waals surface area (Å²) in [4.78, 5) is 11.7. The van der Waals surface area contributed by atoms with Crippen LogP contribution in [0.4, 0.5) is 11.4 Å². The van der Waals surface area contributed by atoms with Crippen molar-refractivity contribution in [3.63, 3.8) is 0 Å². The number of thiocarbonyl (C=S) groups is 1. The molecule has 0 aromatic heterocycles. The van der Waals surface area contributed by atoms with Crippen LogP contribution in [-0.2, 0) is 4.74 Å². The second-order valence-corrected chi connectivity index (χ2v) is 5.09. The molecule has 3 rings (SSSR count). The molecule has 118 valence electrons. The minimum Gasteiger partial charge on any atom is -0.465 e. The molecule has 0 radical (unpaired) electrons. The molecule has 7 heteroatoms. The molecule has 0 saturated heterocycles. The van der Waals surface area contributed by atoms with Gasteiger partial charge in [0, 0.05) is 11.8 Å². The summed E-state index contributed by atoms with van der Waals surface area (Å²) in [5, 5.41) is 6.37. The van der Waals surface area contributed by atoms with Gasteiger partial charge in [0.15, 0.2) is 16.6 Å². The zero-order valence-corrected chi connectivity index (χ0v) is 13.1. The van der Waals surface area contributed by atoms with E-state index in [2.05, 4.69) is 10.6 Å². The second kappa shape index (κ2) is 6.53. The van der Waals surface area contributed by atoms with Crippen LogP contribution in [0.1, 0.15) is 10.4 Å². The number of ether oxygens (including phenoxy) is 3. The molecule has 0 atom stereocenters. The van der Waals surface area contributed by atoms with Gasteiger partial charge in [-0.15, -0.1) is 0 Å². The molecule has 0 aliphatic carbocycles. The van der Waals surface area contributed by atoms with Crippen LogP contribution < -0.4 is 20.1 Å². The SMILES string of the molecule is COC(=O)c1ccccc1NC(=S)Nc1ccc2c(c1)OCO2. The van der Waals surface area contributed by atoms with Crippen molar-refractivity contribution in [2.24, 2.45) is 0 Å². The molecule has 2 aromatic rings. The van der Waals surface area contributed by atoms with Gasteiger partial charge in [-0.25, -0.2) is 4.79 Å². The summed E-state index contributed by atoms with van der Waals surface area (Å²) < 4.78 is 15.3. The smallest absolute Gasteiger partial charge is 0.339 e. The summed E-state index contributed by atoms with van der Waals surface area (Å²) in [5.41, 5.74) is 1.73. The number of esters is 1. The molecule has 2 aromatic carbocycles. The van der Waals surface area contributed by atoms with Crippen molar-refractivity contribution < 1.29 is 19.0 Å². The van der Waals surface area contributed by atoms with Crippen molar-refractivity contribution in [3.8, 4) is 11.5 Å². The lowest BCUT2D eigenvalue weighted by molar-refractivity contribution is 0.0602. The van der Waals surface area contributed by atoms with Gasteiger partial charge in [-0.2, -0.15) is 0 Å². The maximum Gasteiger partial charge on any atom is 0.339 e. The van der Waals surface area contributed by atoms with Crippen LogP contribution in [0, 0.1) is 0 Å². The van der Waals surface area contributed by atoms with Crippen molar-refractivity contribution in [3.05, 3.63) is 48.0 Å². The number of carbonyl (C=O) groups excluding carboxylic acids is 1. The molecule has 0 fully saturated rings. The molecule has 0 spiro atoms. The first kappa shape index (κ1) is 15.1. The summed E-state index contributed by atoms with van der Waals surface area (Å²) in [5.74, 6) is 0.928. The highest BCUT2D eigenvalue weighted by atomic mass is 32.1. The monoisotopic (exact) mass is 330 g/mol. The normalized spacial score (nSPS) is 11.7. The average Bonchev–Trinajstić information content (AvgIpc) is 3.02. The Bertz CT molecular complexity index is 763. The number of hydrogen-bond donors (Lipinski definition) is 2. The number of methoxy groups -OCH3 is 1. The van der Waals surface area contributed by atoms with Gasteiger partial charge >= 0.3 is 5.97 Å². The van der Waals surface area contributed by atoms with E-state index in [9.17, 15) is 4.79 Å². The van der Waals surface area contributed by atoms with E-state index in [0.717, 1.165) is 5.69 Å². The predicted octanol–water partition coefficient (Wildman–Crippen LogP) is 3.01. The van der Waals surface area contributed by atoms with Gasteiger partial charge < -0.3 is 24.8 Å².